The van der Waals surface area contributed by atoms with Gasteiger partial charge in [-0.1, -0.05) is 39.8 Å². The summed E-state index contributed by atoms with van der Waals surface area (Å²) in [5, 5.41) is 2.50. The SMILES string of the molecule is Cc1ccnc2c3cc(CC(C)C)ccc3n3c4cc(CC(C)C)ccc4[n+](C)c3c12. The van der Waals surface area contributed by atoms with E-state index in [1.807, 2.05) is 6.20 Å². The van der Waals surface area contributed by atoms with E-state index in [2.05, 4.69) is 93.1 Å². The molecule has 0 aliphatic heterocycles. The Morgan fingerprint density at radius 2 is 1.55 bits per heavy atom. The van der Waals surface area contributed by atoms with E-state index in [0.29, 0.717) is 11.8 Å². The maximum Gasteiger partial charge on any atom is 0.297 e. The van der Waals surface area contributed by atoms with Crippen molar-refractivity contribution in [2.45, 2.75) is 47.5 Å². The Balaban J connectivity index is 1.99. The van der Waals surface area contributed by atoms with Crippen LogP contribution in [0.5, 0.6) is 0 Å². The summed E-state index contributed by atoms with van der Waals surface area (Å²) in [6.07, 6.45) is 4.13. The molecule has 0 spiro atoms. The van der Waals surface area contributed by atoms with Gasteiger partial charge in [0.25, 0.3) is 5.65 Å². The first-order valence-corrected chi connectivity index (χ1v) is 11.5. The zero-order valence-corrected chi connectivity index (χ0v) is 19.5. The van der Waals surface area contributed by atoms with Crippen molar-refractivity contribution >= 4 is 38.5 Å². The van der Waals surface area contributed by atoms with Gasteiger partial charge >= 0.3 is 0 Å². The lowest BCUT2D eigenvalue weighted by atomic mass is 9.99. The van der Waals surface area contributed by atoms with Crippen LogP contribution in [-0.2, 0) is 19.9 Å². The Morgan fingerprint density at radius 3 is 2.26 bits per heavy atom. The molecule has 3 heterocycles. The van der Waals surface area contributed by atoms with Gasteiger partial charge in [0.05, 0.1) is 18.0 Å². The highest BCUT2D eigenvalue weighted by atomic mass is 15.1. The van der Waals surface area contributed by atoms with Gasteiger partial charge in [0, 0.05) is 11.6 Å². The largest absolute Gasteiger partial charge is 0.297 e. The van der Waals surface area contributed by atoms with E-state index in [-0.39, 0.29) is 0 Å². The van der Waals surface area contributed by atoms with Gasteiger partial charge in [0.1, 0.15) is 5.52 Å². The number of nitrogens with zero attached hydrogens (tertiary/aromatic N) is 3. The molecule has 0 atom stereocenters. The smallest absolute Gasteiger partial charge is 0.255 e. The highest BCUT2D eigenvalue weighted by molar-refractivity contribution is 6.11. The Hall–Kier alpha value is -2.94. The summed E-state index contributed by atoms with van der Waals surface area (Å²) in [7, 11) is 2.19. The Bertz CT molecular complexity index is 1450. The van der Waals surface area contributed by atoms with Crippen molar-refractivity contribution in [1.29, 1.82) is 0 Å². The van der Waals surface area contributed by atoms with Crippen LogP contribution in [0.1, 0.15) is 44.4 Å². The lowest BCUT2D eigenvalue weighted by molar-refractivity contribution is -0.617. The van der Waals surface area contributed by atoms with Gasteiger partial charge in [-0.05, 0) is 78.6 Å². The predicted octanol–water partition coefficient (Wildman–Crippen LogP) is 6.32. The van der Waals surface area contributed by atoms with Crippen LogP contribution in [0, 0.1) is 18.8 Å². The fraction of sp³-hybridized carbons (Fsp3) is 0.357. The Labute approximate surface area is 184 Å². The number of rotatable bonds is 4. The zero-order chi connectivity index (χ0) is 21.9. The maximum atomic E-state index is 4.88. The first-order valence-electron chi connectivity index (χ1n) is 11.5. The standard InChI is InChI=1S/C28H32N3/c1-17(2)13-20-7-9-23-22(15-20)27-26(19(5)11-12-29-27)28-30(6)24-10-8-21(14-18(3)4)16-25(24)31(23)28/h7-12,15-18H,13-14H2,1-6H3/q+1. The molecule has 158 valence electrons. The van der Waals surface area contributed by atoms with Crippen LogP contribution in [0.25, 0.3) is 38.5 Å². The van der Waals surface area contributed by atoms with Crippen LogP contribution in [0.3, 0.4) is 0 Å². The average molecular weight is 411 g/mol. The van der Waals surface area contributed by atoms with Crippen LogP contribution in [-0.4, -0.2) is 9.38 Å². The van der Waals surface area contributed by atoms with Crippen molar-refractivity contribution < 1.29 is 4.57 Å². The highest BCUT2D eigenvalue weighted by Gasteiger charge is 2.25. The van der Waals surface area contributed by atoms with E-state index >= 15 is 0 Å². The van der Waals surface area contributed by atoms with E-state index in [0.717, 1.165) is 18.4 Å². The number of pyridine rings is 2. The van der Waals surface area contributed by atoms with Crippen molar-refractivity contribution in [2.75, 3.05) is 0 Å². The third-order valence-electron chi connectivity index (χ3n) is 6.40. The molecule has 0 unspecified atom stereocenters. The second kappa shape index (κ2) is 7.33. The minimum atomic E-state index is 0.631. The monoisotopic (exact) mass is 410 g/mol. The molecule has 3 nitrogen and oxygen atoms in total. The molecular formula is C28H32N3+. The van der Waals surface area contributed by atoms with E-state index in [4.69, 9.17) is 4.98 Å². The second-order valence-electron chi connectivity index (χ2n) is 9.94. The third kappa shape index (κ3) is 3.18. The lowest BCUT2D eigenvalue weighted by Gasteiger charge is -2.09. The van der Waals surface area contributed by atoms with Gasteiger partial charge in [-0.25, -0.2) is 4.57 Å². The molecule has 0 saturated heterocycles. The number of aromatic nitrogens is 3. The molecule has 0 radical (unpaired) electrons. The summed E-state index contributed by atoms with van der Waals surface area (Å²) in [6.45, 7) is 11.3. The summed E-state index contributed by atoms with van der Waals surface area (Å²) in [5.41, 5.74) is 10.2. The van der Waals surface area contributed by atoms with Crippen molar-refractivity contribution in [2.24, 2.45) is 18.9 Å². The molecule has 0 amide bonds. The first kappa shape index (κ1) is 20.0. The summed E-state index contributed by atoms with van der Waals surface area (Å²) < 4.78 is 4.80. The minimum absolute atomic E-state index is 0.631. The van der Waals surface area contributed by atoms with Crippen LogP contribution in [0.15, 0.2) is 48.7 Å². The molecule has 5 rings (SSSR count). The molecule has 3 heteroatoms. The first-order chi connectivity index (χ1) is 14.8. The number of aryl methyl sites for hydroxylation is 2. The molecule has 0 bridgehead atoms. The minimum Gasteiger partial charge on any atom is -0.255 e. The molecular weight excluding hydrogens is 378 g/mol. The number of hydrogen-bond donors (Lipinski definition) is 0. The highest BCUT2D eigenvalue weighted by Crippen LogP contribution is 2.33. The summed E-state index contributed by atoms with van der Waals surface area (Å²) in [5.74, 6) is 1.27. The second-order valence-corrected chi connectivity index (χ2v) is 9.94. The van der Waals surface area contributed by atoms with E-state index in [1.54, 1.807) is 0 Å². The number of fused-ring (bicyclic) bond motifs is 8. The Kier molecular flexibility index (Phi) is 4.73. The predicted molar refractivity (Wildman–Crippen MR) is 131 cm³/mol. The summed E-state index contributed by atoms with van der Waals surface area (Å²) in [4.78, 5) is 4.88. The van der Waals surface area contributed by atoms with Gasteiger partial charge < -0.3 is 0 Å². The maximum absolute atomic E-state index is 4.88. The van der Waals surface area contributed by atoms with Crippen molar-refractivity contribution in [3.05, 3.63) is 65.4 Å². The van der Waals surface area contributed by atoms with E-state index in [1.165, 1.54) is 49.7 Å². The molecule has 2 aromatic carbocycles. The summed E-state index contributed by atoms with van der Waals surface area (Å²) >= 11 is 0. The van der Waals surface area contributed by atoms with E-state index in [9.17, 15) is 0 Å². The molecule has 31 heavy (non-hydrogen) atoms. The summed E-state index contributed by atoms with van der Waals surface area (Å²) in [6, 6.07) is 16.1. The fourth-order valence-corrected chi connectivity index (χ4v) is 5.14. The Morgan fingerprint density at radius 1 is 0.871 bits per heavy atom. The van der Waals surface area contributed by atoms with Crippen LogP contribution >= 0.6 is 0 Å². The topological polar surface area (TPSA) is 21.2 Å². The average Bonchev–Trinajstić information content (AvgIpc) is 2.99. The van der Waals surface area contributed by atoms with Crippen molar-refractivity contribution in [3.63, 3.8) is 0 Å². The van der Waals surface area contributed by atoms with Crippen LogP contribution < -0.4 is 4.57 Å². The van der Waals surface area contributed by atoms with Gasteiger partial charge in [-0.3, -0.25) is 4.98 Å². The molecule has 0 N–H and O–H groups in total. The number of imidazole rings is 1. The van der Waals surface area contributed by atoms with Crippen LogP contribution in [0.2, 0.25) is 0 Å². The fourth-order valence-electron chi connectivity index (χ4n) is 5.14. The molecule has 0 aliphatic carbocycles. The van der Waals surface area contributed by atoms with Crippen LogP contribution in [0.4, 0.5) is 0 Å². The van der Waals surface area contributed by atoms with E-state index < -0.39 is 0 Å². The van der Waals surface area contributed by atoms with Gasteiger partial charge in [0.15, 0.2) is 11.0 Å². The van der Waals surface area contributed by atoms with Gasteiger partial charge in [-0.15, -0.1) is 0 Å². The lowest BCUT2D eigenvalue weighted by Crippen LogP contribution is -2.27. The zero-order valence-electron chi connectivity index (χ0n) is 19.5. The van der Waals surface area contributed by atoms with Crippen molar-refractivity contribution in [3.8, 4) is 0 Å². The molecule has 5 aromatic rings. The third-order valence-corrected chi connectivity index (χ3v) is 6.40. The molecule has 0 aliphatic rings. The molecule has 3 aromatic heterocycles. The molecule has 0 fully saturated rings. The van der Waals surface area contributed by atoms with Crippen molar-refractivity contribution in [1.82, 2.24) is 9.38 Å². The van der Waals surface area contributed by atoms with Gasteiger partial charge in [0.2, 0.25) is 0 Å². The quantitative estimate of drug-likeness (QED) is 0.251. The normalized spacial score (nSPS) is 12.4. The van der Waals surface area contributed by atoms with Gasteiger partial charge in [-0.2, -0.15) is 4.40 Å². The number of benzene rings is 2. The number of hydrogen-bond acceptors (Lipinski definition) is 1. The molecule has 0 saturated carbocycles.